The standard InChI is InChI=1S/C7H15N5O/c1-5(7(2,3)13)8-4-6-9-11-12-10-6/h5,8,13H,4H2,1-3H3,(H,9,10,11,12). The van der Waals surface area contributed by atoms with Crippen LogP contribution in [0.4, 0.5) is 0 Å². The number of nitrogens with one attached hydrogen (secondary N) is 2. The van der Waals surface area contributed by atoms with Crippen LogP contribution in [-0.4, -0.2) is 37.4 Å². The summed E-state index contributed by atoms with van der Waals surface area (Å²) in [5.74, 6) is 0.594. The highest BCUT2D eigenvalue weighted by Gasteiger charge is 2.21. The van der Waals surface area contributed by atoms with Crippen molar-refractivity contribution in [1.82, 2.24) is 25.9 Å². The van der Waals surface area contributed by atoms with E-state index in [1.807, 2.05) is 6.92 Å². The Morgan fingerprint density at radius 1 is 1.62 bits per heavy atom. The molecule has 1 aromatic heterocycles. The summed E-state index contributed by atoms with van der Waals surface area (Å²) in [6, 6.07) is -0.0222. The molecule has 0 bridgehead atoms. The molecule has 0 aliphatic heterocycles. The fourth-order valence-electron chi connectivity index (χ4n) is 0.752. The molecule has 1 unspecified atom stereocenters. The summed E-state index contributed by atoms with van der Waals surface area (Å²) in [6.45, 7) is 5.91. The number of tetrazole rings is 1. The second kappa shape index (κ2) is 3.80. The largest absolute Gasteiger partial charge is 0.389 e. The van der Waals surface area contributed by atoms with E-state index < -0.39 is 5.60 Å². The predicted octanol–water partition coefficient (Wildman–Crippen LogP) is -0.551. The van der Waals surface area contributed by atoms with Crippen LogP contribution < -0.4 is 5.32 Å². The van der Waals surface area contributed by atoms with Gasteiger partial charge < -0.3 is 10.4 Å². The van der Waals surface area contributed by atoms with Crippen molar-refractivity contribution in [1.29, 1.82) is 0 Å². The van der Waals surface area contributed by atoms with Crippen molar-refractivity contribution in [3.8, 4) is 0 Å². The minimum Gasteiger partial charge on any atom is -0.389 e. The van der Waals surface area contributed by atoms with Gasteiger partial charge in [0.25, 0.3) is 0 Å². The third kappa shape index (κ3) is 3.08. The minimum atomic E-state index is -0.746. The molecule has 0 aliphatic rings. The summed E-state index contributed by atoms with van der Waals surface area (Å²) in [7, 11) is 0. The molecule has 6 nitrogen and oxygen atoms in total. The van der Waals surface area contributed by atoms with Crippen LogP contribution in [0.15, 0.2) is 0 Å². The summed E-state index contributed by atoms with van der Waals surface area (Å²) in [4.78, 5) is 0. The molecule has 1 aromatic rings. The van der Waals surface area contributed by atoms with Gasteiger partial charge in [-0.3, -0.25) is 0 Å². The Bertz CT molecular complexity index is 240. The fraction of sp³-hybridized carbons (Fsp3) is 0.857. The number of rotatable bonds is 4. The van der Waals surface area contributed by atoms with Crippen LogP contribution in [0.5, 0.6) is 0 Å². The van der Waals surface area contributed by atoms with Crippen molar-refractivity contribution in [2.45, 2.75) is 39.0 Å². The van der Waals surface area contributed by atoms with Gasteiger partial charge in [-0.05, 0) is 20.8 Å². The smallest absolute Gasteiger partial charge is 0.188 e. The highest BCUT2D eigenvalue weighted by atomic mass is 16.3. The first-order valence-corrected chi connectivity index (χ1v) is 4.18. The number of nitrogens with zero attached hydrogens (tertiary/aromatic N) is 3. The normalized spacial score (nSPS) is 14.5. The van der Waals surface area contributed by atoms with Crippen LogP contribution in [0.2, 0.25) is 0 Å². The zero-order valence-electron chi connectivity index (χ0n) is 8.07. The molecule has 3 N–H and O–H groups in total. The van der Waals surface area contributed by atoms with Gasteiger partial charge in [-0.15, -0.1) is 10.2 Å². The molecule has 0 aromatic carbocycles. The number of aromatic amines is 1. The van der Waals surface area contributed by atoms with Crippen LogP contribution in [0.3, 0.4) is 0 Å². The van der Waals surface area contributed by atoms with Crippen LogP contribution >= 0.6 is 0 Å². The van der Waals surface area contributed by atoms with E-state index in [0.29, 0.717) is 12.4 Å². The third-order valence-corrected chi connectivity index (χ3v) is 2.02. The molecule has 13 heavy (non-hydrogen) atoms. The van der Waals surface area contributed by atoms with Crippen molar-refractivity contribution in [2.24, 2.45) is 0 Å². The van der Waals surface area contributed by atoms with E-state index in [2.05, 4.69) is 25.9 Å². The molecule has 0 amide bonds. The zero-order chi connectivity index (χ0) is 9.90. The number of aromatic nitrogens is 4. The van der Waals surface area contributed by atoms with Crippen molar-refractivity contribution in [3.05, 3.63) is 5.82 Å². The first kappa shape index (κ1) is 10.1. The number of hydrogen-bond donors (Lipinski definition) is 3. The third-order valence-electron chi connectivity index (χ3n) is 2.02. The number of H-pyrrole nitrogens is 1. The zero-order valence-corrected chi connectivity index (χ0v) is 8.07. The lowest BCUT2D eigenvalue weighted by atomic mass is 10.0. The maximum Gasteiger partial charge on any atom is 0.188 e. The fourth-order valence-corrected chi connectivity index (χ4v) is 0.752. The molecule has 6 heteroatoms. The first-order chi connectivity index (χ1) is 6.00. The van der Waals surface area contributed by atoms with E-state index in [1.54, 1.807) is 13.8 Å². The molecule has 0 aliphatic carbocycles. The molecule has 74 valence electrons. The van der Waals surface area contributed by atoms with Crippen LogP contribution in [0.1, 0.15) is 26.6 Å². The SMILES string of the molecule is CC(NCc1nn[nH]n1)C(C)(C)O. The van der Waals surface area contributed by atoms with Crippen LogP contribution in [0.25, 0.3) is 0 Å². The first-order valence-electron chi connectivity index (χ1n) is 4.18. The topological polar surface area (TPSA) is 86.7 Å². The Morgan fingerprint density at radius 3 is 2.77 bits per heavy atom. The summed E-state index contributed by atoms with van der Waals surface area (Å²) >= 11 is 0. The van der Waals surface area contributed by atoms with Gasteiger partial charge in [0.15, 0.2) is 5.82 Å². The average molecular weight is 185 g/mol. The maximum absolute atomic E-state index is 9.59. The summed E-state index contributed by atoms with van der Waals surface area (Å²) < 4.78 is 0. The quantitative estimate of drug-likeness (QED) is 0.586. The molecule has 0 saturated heterocycles. The van der Waals surface area contributed by atoms with Gasteiger partial charge in [0.1, 0.15) is 0 Å². The van der Waals surface area contributed by atoms with E-state index in [1.165, 1.54) is 0 Å². The van der Waals surface area contributed by atoms with Crippen molar-refractivity contribution in [3.63, 3.8) is 0 Å². The van der Waals surface area contributed by atoms with Gasteiger partial charge in [0, 0.05) is 6.04 Å². The average Bonchev–Trinajstić information content (AvgIpc) is 2.50. The monoisotopic (exact) mass is 185 g/mol. The second-order valence-electron chi connectivity index (χ2n) is 3.58. The lowest BCUT2D eigenvalue weighted by Crippen LogP contribution is -2.44. The van der Waals surface area contributed by atoms with E-state index in [4.69, 9.17) is 0 Å². The molecule has 0 radical (unpaired) electrons. The predicted molar refractivity (Wildman–Crippen MR) is 46.8 cm³/mol. The Balaban J connectivity index is 2.35. The Hall–Kier alpha value is -1.01. The molecule has 0 fully saturated rings. The molecule has 0 saturated carbocycles. The van der Waals surface area contributed by atoms with Crippen molar-refractivity contribution < 1.29 is 5.11 Å². The molecular weight excluding hydrogens is 170 g/mol. The Labute approximate surface area is 76.7 Å². The van der Waals surface area contributed by atoms with Gasteiger partial charge in [-0.25, -0.2) is 0 Å². The van der Waals surface area contributed by atoms with E-state index >= 15 is 0 Å². The number of hydrogen-bond acceptors (Lipinski definition) is 5. The second-order valence-corrected chi connectivity index (χ2v) is 3.58. The lowest BCUT2D eigenvalue weighted by molar-refractivity contribution is 0.0435. The van der Waals surface area contributed by atoms with Gasteiger partial charge in [-0.2, -0.15) is 5.21 Å². The van der Waals surface area contributed by atoms with Crippen LogP contribution in [0, 0.1) is 0 Å². The minimum absolute atomic E-state index is 0.0222. The van der Waals surface area contributed by atoms with Crippen molar-refractivity contribution in [2.75, 3.05) is 0 Å². The maximum atomic E-state index is 9.59. The Morgan fingerprint density at radius 2 is 2.31 bits per heavy atom. The van der Waals surface area contributed by atoms with E-state index in [-0.39, 0.29) is 6.04 Å². The van der Waals surface area contributed by atoms with E-state index in [0.717, 1.165) is 0 Å². The van der Waals surface area contributed by atoms with Gasteiger partial charge in [0.2, 0.25) is 0 Å². The molecule has 1 atom stereocenters. The van der Waals surface area contributed by atoms with Crippen LogP contribution in [-0.2, 0) is 6.54 Å². The summed E-state index contributed by atoms with van der Waals surface area (Å²) in [5, 5.41) is 26.0. The van der Waals surface area contributed by atoms with Gasteiger partial charge in [-0.1, -0.05) is 5.21 Å². The van der Waals surface area contributed by atoms with E-state index in [9.17, 15) is 5.11 Å². The summed E-state index contributed by atoms with van der Waals surface area (Å²) in [5.41, 5.74) is -0.746. The molecule has 0 spiro atoms. The van der Waals surface area contributed by atoms with Crippen molar-refractivity contribution >= 4 is 0 Å². The van der Waals surface area contributed by atoms with Gasteiger partial charge in [0.05, 0.1) is 12.1 Å². The molecule has 1 heterocycles. The highest BCUT2D eigenvalue weighted by molar-refractivity contribution is 4.83. The highest BCUT2D eigenvalue weighted by Crippen LogP contribution is 2.07. The molecular formula is C7H15N5O. The lowest BCUT2D eigenvalue weighted by Gasteiger charge is -2.26. The van der Waals surface area contributed by atoms with Gasteiger partial charge >= 0.3 is 0 Å². The summed E-state index contributed by atoms with van der Waals surface area (Å²) in [6.07, 6.45) is 0. The Kier molecular flexibility index (Phi) is 2.94. The number of aliphatic hydroxyl groups is 1. The molecule has 1 rings (SSSR count).